The molecule has 0 atom stereocenters. The van der Waals surface area contributed by atoms with Gasteiger partial charge in [-0.1, -0.05) is 19.4 Å². The van der Waals surface area contributed by atoms with E-state index < -0.39 is 32.3 Å². The zero-order chi connectivity index (χ0) is 12.8. The van der Waals surface area contributed by atoms with E-state index in [0.29, 0.717) is 6.07 Å². The Kier molecular flexibility index (Phi) is 3.15. The number of nitrogen functional groups attached to an aromatic ring is 1. The number of aromatic carboxylic acids is 1. The number of hydrogen-bond acceptors (Lipinski definition) is 2. The fourth-order valence-electron chi connectivity index (χ4n) is 0.976. The Morgan fingerprint density at radius 1 is 1.18 bits per heavy atom. The van der Waals surface area contributed by atoms with Crippen LogP contribution in [0.25, 0.3) is 0 Å². The third kappa shape index (κ3) is 3.63. The van der Waals surface area contributed by atoms with Crippen molar-refractivity contribution in [1.29, 1.82) is 0 Å². The molecule has 0 unspecified atom stereocenters. The van der Waals surface area contributed by atoms with E-state index in [0.717, 1.165) is 0 Å². The van der Waals surface area contributed by atoms with E-state index in [-0.39, 0.29) is 24.5 Å². The van der Waals surface area contributed by atoms with E-state index in [9.17, 15) is 24.2 Å². The van der Waals surface area contributed by atoms with E-state index >= 15 is 0 Å². The molecule has 0 radical (unpaired) electrons. The SMILES string of the molecule is Cl.Nc1cc(S(F)(F)(F)(F)F)ccc1C(=O)O. The second-order valence-electron chi connectivity index (χ2n) is 3.02. The second kappa shape index (κ2) is 3.39. The average molecular weight is 300 g/mol. The molecule has 0 heterocycles. The summed E-state index contributed by atoms with van der Waals surface area (Å²) in [5.74, 6) is -1.59. The molecule has 0 aliphatic carbocycles. The number of benzene rings is 1. The molecule has 0 aromatic heterocycles. The summed E-state index contributed by atoms with van der Waals surface area (Å²) in [6, 6.07) is 0.317. The molecule has 0 saturated carbocycles. The van der Waals surface area contributed by atoms with E-state index in [4.69, 9.17) is 10.8 Å². The lowest BCUT2D eigenvalue weighted by molar-refractivity contribution is 0.0697. The molecule has 1 aromatic rings. The lowest BCUT2D eigenvalue weighted by Gasteiger charge is -2.40. The van der Waals surface area contributed by atoms with Gasteiger partial charge in [-0.3, -0.25) is 0 Å². The van der Waals surface area contributed by atoms with Crippen molar-refractivity contribution >= 4 is 34.3 Å². The summed E-state index contributed by atoms with van der Waals surface area (Å²) in [4.78, 5) is 8.20. The van der Waals surface area contributed by atoms with Crippen molar-refractivity contribution < 1.29 is 29.3 Å². The van der Waals surface area contributed by atoms with Gasteiger partial charge in [0.15, 0.2) is 0 Å². The molecule has 3 nitrogen and oxygen atoms in total. The maximum atomic E-state index is 12.3. The summed E-state index contributed by atoms with van der Waals surface area (Å²) < 4.78 is 61.3. The highest BCUT2D eigenvalue weighted by atomic mass is 35.5. The van der Waals surface area contributed by atoms with E-state index in [1.54, 1.807) is 0 Å². The minimum absolute atomic E-state index is 0. The second-order valence-corrected chi connectivity index (χ2v) is 5.43. The van der Waals surface area contributed by atoms with Gasteiger partial charge in [-0.25, -0.2) is 4.79 Å². The summed E-state index contributed by atoms with van der Waals surface area (Å²) in [6.45, 7) is 0. The monoisotopic (exact) mass is 299 g/mol. The zero-order valence-corrected chi connectivity index (χ0v) is 9.50. The van der Waals surface area contributed by atoms with E-state index in [1.807, 2.05) is 0 Å². The standard InChI is InChI=1S/C7H6F5NO2S.ClH/c8-16(9,10,11,12)4-1-2-5(7(14)15)6(13)3-4;/h1-3H,13H2,(H,14,15);1H. The highest BCUT2D eigenvalue weighted by Gasteiger charge is 2.65. The molecule has 0 aliphatic heterocycles. The lowest BCUT2D eigenvalue weighted by atomic mass is 10.2. The Bertz CT molecular complexity index is 474. The third-order valence-corrected chi connectivity index (χ3v) is 2.84. The molecule has 10 heteroatoms. The fourth-order valence-corrected chi connectivity index (χ4v) is 1.65. The Morgan fingerprint density at radius 2 is 1.65 bits per heavy atom. The molecule has 0 amide bonds. The van der Waals surface area contributed by atoms with Crippen molar-refractivity contribution in [2.24, 2.45) is 0 Å². The first-order chi connectivity index (χ1) is 6.81. The van der Waals surface area contributed by atoms with Crippen LogP contribution in [0.2, 0.25) is 0 Å². The largest absolute Gasteiger partial charge is 0.478 e. The van der Waals surface area contributed by atoms with Gasteiger partial charge in [-0.2, -0.15) is 0 Å². The lowest BCUT2D eigenvalue weighted by Crippen LogP contribution is -2.09. The number of carboxylic acid groups (broad SMARTS) is 1. The van der Waals surface area contributed by atoms with Crippen molar-refractivity contribution in [3.8, 4) is 0 Å². The molecule has 17 heavy (non-hydrogen) atoms. The Morgan fingerprint density at radius 3 is 1.94 bits per heavy atom. The molecule has 0 aliphatic rings. The van der Waals surface area contributed by atoms with Crippen molar-refractivity contribution in [1.82, 2.24) is 0 Å². The van der Waals surface area contributed by atoms with Gasteiger partial charge in [-0.05, 0) is 18.2 Å². The van der Waals surface area contributed by atoms with Gasteiger partial charge in [0.1, 0.15) is 4.90 Å². The molecule has 0 saturated heterocycles. The first-order valence-corrected chi connectivity index (χ1v) is 5.63. The van der Waals surface area contributed by atoms with Crippen LogP contribution >= 0.6 is 22.6 Å². The molecule has 0 spiro atoms. The summed E-state index contributed by atoms with van der Waals surface area (Å²) in [6.07, 6.45) is 0. The predicted octanol–water partition coefficient (Wildman–Crippen LogP) is 4.05. The van der Waals surface area contributed by atoms with Crippen LogP contribution < -0.4 is 5.73 Å². The zero-order valence-electron chi connectivity index (χ0n) is 7.87. The van der Waals surface area contributed by atoms with Gasteiger partial charge in [0.05, 0.1) is 5.56 Å². The molecule has 1 rings (SSSR count). The number of carboxylic acids is 1. The van der Waals surface area contributed by atoms with Crippen LogP contribution in [0.1, 0.15) is 10.4 Å². The van der Waals surface area contributed by atoms with Crippen LogP contribution in [0, 0.1) is 0 Å². The molecule has 3 N–H and O–H groups in total. The number of hydrogen-bond donors (Lipinski definition) is 2. The molecule has 1 aromatic carbocycles. The van der Waals surface area contributed by atoms with Crippen molar-refractivity contribution in [2.45, 2.75) is 4.90 Å². The number of halogens is 6. The maximum Gasteiger partial charge on any atom is 0.337 e. The minimum atomic E-state index is -9.80. The van der Waals surface area contributed by atoms with Gasteiger partial charge in [-0.15, -0.1) is 12.4 Å². The fraction of sp³-hybridized carbons (Fsp3) is 0. The summed E-state index contributed by atoms with van der Waals surface area (Å²) in [7, 11) is -9.80. The van der Waals surface area contributed by atoms with Gasteiger partial charge >= 0.3 is 16.2 Å². The van der Waals surface area contributed by atoms with Crippen LogP contribution in [-0.4, -0.2) is 11.1 Å². The molecule has 100 valence electrons. The Labute approximate surface area is 98.5 Å². The van der Waals surface area contributed by atoms with Gasteiger partial charge < -0.3 is 10.8 Å². The van der Waals surface area contributed by atoms with Gasteiger partial charge in [0.25, 0.3) is 0 Å². The maximum absolute atomic E-state index is 12.3. The number of nitrogens with two attached hydrogens (primary N) is 1. The summed E-state index contributed by atoms with van der Waals surface area (Å²) >= 11 is 0. The number of anilines is 1. The van der Waals surface area contributed by atoms with Crippen molar-refractivity contribution in [3.05, 3.63) is 23.8 Å². The summed E-state index contributed by atoms with van der Waals surface area (Å²) in [5.41, 5.74) is 3.42. The number of carbonyl (C=O) groups is 1. The van der Waals surface area contributed by atoms with Crippen molar-refractivity contribution in [3.63, 3.8) is 0 Å². The number of rotatable bonds is 2. The van der Waals surface area contributed by atoms with Crippen molar-refractivity contribution in [2.75, 3.05) is 5.73 Å². The first kappa shape index (κ1) is 15.8. The minimum Gasteiger partial charge on any atom is -0.478 e. The predicted molar refractivity (Wildman–Crippen MR) is 56.5 cm³/mol. The van der Waals surface area contributed by atoms with E-state index in [2.05, 4.69) is 0 Å². The van der Waals surface area contributed by atoms with Crippen LogP contribution in [-0.2, 0) is 0 Å². The normalized spacial score (nSPS) is 15.4. The molecule has 0 bridgehead atoms. The van der Waals surface area contributed by atoms with Crippen LogP contribution in [0.15, 0.2) is 23.1 Å². The summed E-state index contributed by atoms with van der Waals surface area (Å²) in [5, 5.41) is 8.45. The van der Waals surface area contributed by atoms with Crippen LogP contribution in [0.4, 0.5) is 25.1 Å². The quantitative estimate of drug-likeness (QED) is 0.640. The molecular formula is C7H7ClF5NO2S. The highest BCUT2D eigenvalue weighted by Crippen LogP contribution is 3.02. The highest BCUT2D eigenvalue weighted by molar-refractivity contribution is 8.45. The smallest absolute Gasteiger partial charge is 0.337 e. The molecular weight excluding hydrogens is 293 g/mol. The average Bonchev–Trinajstić information content (AvgIpc) is 1.98. The first-order valence-electron chi connectivity index (χ1n) is 3.68. The third-order valence-electron chi connectivity index (χ3n) is 1.70. The van der Waals surface area contributed by atoms with E-state index in [1.165, 1.54) is 0 Å². The topological polar surface area (TPSA) is 63.3 Å². The van der Waals surface area contributed by atoms with Crippen LogP contribution in [0.3, 0.4) is 0 Å². The Hall–Kier alpha value is -1.22. The van der Waals surface area contributed by atoms with Crippen LogP contribution in [0.5, 0.6) is 0 Å². The van der Waals surface area contributed by atoms with Gasteiger partial charge in [0, 0.05) is 5.69 Å². The molecule has 0 fully saturated rings. The van der Waals surface area contributed by atoms with Gasteiger partial charge in [0.2, 0.25) is 0 Å². The Balaban J connectivity index is 0.00000256.